The lowest BCUT2D eigenvalue weighted by atomic mass is 9.95. The van der Waals surface area contributed by atoms with Gasteiger partial charge >= 0.3 is 6.09 Å². The zero-order chi connectivity index (χ0) is 16.1. The number of amides is 1. The van der Waals surface area contributed by atoms with E-state index in [2.05, 4.69) is 4.98 Å². The number of hydrogen-bond acceptors (Lipinski definition) is 3. The first-order valence-corrected chi connectivity index (χ1v) is 7.59. The van der Waals surface area contributed by atoms with E-state index in [9.17, 15) is 9.90 Å². The van der Waals surface area contributed by atoms with Crippen LogP contribution in [-0.4, -0.2) is 39.0 Å². The number of H-pyrrole nitrogens is 1. The number of halogens is 1. The van der Waals surface area contributed by atoms with Crippen LogP contribution in [-0.2, 0) is 11.2 Å². The molecule has 1 fully saturated rings. The molecule has 118 valence electrons. The summed E-state index contributed by atoms with van der Waals surface area (Å²) in [6.07, 6.45) is 2.01. The molecule has 22 heavy (non-hydrogen) atoms. The topological polar surface area (TPSA) is 65.6 Å². The van der Waals surface area contributed by atoms with Crippen LogP contribution in [0.2, 0.25) is 5.02 Å². The summed E-state index contributed by atoms with van der Waals surface area (Å²) in [7, 11) is 0. The zero-order valence-electron chi connectivity index (χ0n) is 12.8. The van der Waals surface area contributed by atoms with Gasteiger partial charge in [-0.05, 0) is 51.0 Å². The Morgan fingerprint density at radius 1 is 1.36 bits per heavy atom. The number of hydrogen-bond donors (Lipinski definition) is 2. The molecule has 2 heterocycles. The summed E-state index contributed by atoms with van der Waals surface area (Å²) in [5, 5.41) is 12.3. The van der Waals surface area contributed by atoms with Gasteiger partial charge in [-0.2, -0.15) is 0 Å². The monoisotopic (exact) mass is 322 g/mol. The van der Waals surface area contributed by atoms with E-state index >= 15 is 0 Å². The van der Waals surface area contributed by atoms with E-state index in [0.29, 0.717) is 18.0 Å². The third kappa shape index (κ3) is 2.25. The Labute approximate surface area is 133 Å². The van der Waals surface area contributed by atoms with E-state index in [1.807, 2.05) is 24.4 Å². The molecule has 2 N–H and O–H groups in total. The van der Waals surface area contributed by atoms with E-state index < -0.39 is 17.4 Å². The second kappa shape index (κ2) is 4.89. The number of carbonyl (C=O) groups is 1. The van der Waals surface area contributed by atoms with Crippen molar-refractivity contribution < 1.29 is 14.6 Å². The van der Waals surface area contributed by atoms with Gasteiger partial charge in [0.05, 0.1) is 0 Å². The lowest BCUT2D eigenvalue weighted by Crippen LogP contribution is -2.54. The lowest BCUT2D eigenvalue weighted by molar-refractivity contribution is -0.126. The van der Waals surface area contributed by atoms with Crippen LogP contribution in [0.3, 0.4) is 0 Å². The molecule has 0 bridgehead atoms. The highest BCUT2D eigenvalue weighted by Gasteiger charge is 2.56. The molecule has 0 saturated carbocycles. The minimum absolute atomic E-state index is 0.370. The molecule has 1 aliphatic heterocycles. The number of aliphatic hydroxyl groups is 1. The number of ether oxygens (including phenoxy) is 1. The third-order valence-electron chi connectivity index (χ3n) is 4.56. The van der Waals surface area contributed by atoms with E-state index in [1.54, 1.807) is 20.8 Å². The van der Waals surface area contributed by atoms with Crippen molar-refractivity contribution in [2.24, 2.45) is 0 Å². The molecular weight excluding hydrogens is 304 g/mol. The smallest absolute Gasteiger partial charge is 0.412 e. The van der Waals surface area contributed by atoms with Crippen LogP contribution in [0.1, 0.15) is 26.3 Å². The Hall–Kier alpha value is -1.72. The molecule has 1 atom stereocenters. The number of fused-ring (bicyclic) bond motifs is 1. The quantitative estimate of drug-likeness (QED) is 0.911. The maximum absolute atomic E-state index is 12.0. The third-order valence-corrected chi connectivity index (χ3v) is 4.80. The number of benzene rings is 1. The van der Waals surface area contributed by atoms with Crippen molar-refractivity contribution in [3.63, 3.8) is 0 Å². The predicted octanol–water partition coefficient (Wildman–Crippen LogP) is 3.30. The molecule has 1 amide bonds. The number of cyclic esters (lactones) is 1. The van der Waals surface area contributed by atoms with Crippen molar-refractivity contribution in [2.75, 3.05) is 6.54 Å². The van der Waals surface area contributed by atoms with Crippen molar-refractivity contribution >= 4 is 28.6 Å². The van der Waals surface area contributed by atoms with Gasteiger partial charge in [-0.15, -0.1) is 0 Å². The van der Waals surface area contributed by atoms with E-state index in [-0.39, 0.29) is 0 Å². The number of rotatable bonds is 3. The fourth-order valence-corrected chi connectivity index (χ4v) is 2.94. The Balaban J connectivity index is 1.82. The van der Waals surface area contributed by atoms with E-state index in [1.165, 1.54) is 4.90 Å². The van der Waals surface area contributed by atoms with Gasteiger partial charge in [-0.3, -0.25) is 4.90 Å². The molecule has 5 nitrogen and oxygen atoms in total. The van der Waals surface area contributed by atoms with Crippen LogP contribution in [0.15, 0.2) is 24.4 Å². The molecule has 3 rings (SSSR count). The lowest BCUT2D eigenvalue weighted by Gasteiger charge is -2.34. The second-order valence-corrected chi connectivity index (χ2v) is 6.74. The summed E-state index contributed by atoms with van der Waals surface area (Å²) in [6, 6.07) is 5.65. The van der Waals surface area contributed by atoms with Crippen molar-refractivity contribution in [1.29, 1.82) is 0 Å². The summed E-state index contributed by atoms with van der Waals surface area (Å²) in [5.41, 5.74) is -0.233. The van der Waals surface area contributed by atoms with Crippen LogP contribution in [0.4, 0.5) is 4.79 Å². The van der Waals surface area contributed by atoms with Crippen LogP contribution < -0.4 is 0 Å². The maximum Gasteiger partial charge on any atom is 0.412 e. The van der Waals surface area contributed by atoms with Crippen LogP contribution in [0.25, 0.3) is 10.9 Å². The summed E-state index contributed by atoms with van der Waals surface area (Å²) in [5.74, 6) is 0. The van der Waals surface area contributed by atoms with Crippen molar-refractivity contribution in [3.05, 3.63) is 35.0 Å². The molecular formula is C16H19ClN2O3. The number of aromatic nitrogens is 1. The van der Waals surface area contributed by atoms with Gasteiger partial charge in [0, 0.05) is 28.7 Å². The standard InChI is InChI=1S/C16H19ClN2O3/c1-15(2)16(3,21)19(14(20)22-15)7-6-10-9-18-13-5-4-11(17)8-12(10)13/h4-5,8-9,18,21H,6-7H2,1-3H3. The number of nitrogens with one attached hydrogen (secondary N) is 1. The van der Waals surface area contributed by atoms with Crippen LogP contribution >= 0.6 is 11.6 Å². The van der Waals surface area contributed by atoms with Gasteiger partial charge < -0.3 is 14.8 Å². The average Bonchev–Trinajstić information content (AvgIpc) is 2.86. The highest BCUT2D eigenvalue weighted by molar-refractivity contribution is 6.31. The fraction of sp³-hybridized carbons (Fsp3) is 0.438. The summed E-state index contributed by atoms with van der Waals surface area (Å²) in [6.45, 7) is 5.38. The molecule has 2 aromatic rings. The Bertz CT molecular complexity index is 736. The average molecular weight is 323 g/mol. The molecule has 1 aromatic heterocycles. The summed E-state index contributed by atoms with van der Waals surface area (Å²) < 4.78 is 5.26. The van der Waals surface area contributed by atoms with Crippen molar-refractivity contribution in [1.82, 2.24) is 9.88 Å². The predicted molar refractivity (Wildman–Crippen MR) is 84.9 cm³/mol. The molecule has 1 aliphatic rings. The fourth-order valence-electron chi connectivity index (χ4n) is 2.77. The Morgan fingerprint density at radius 2 is 2.09 bits per heavy atom. The highest BCUT2D eigenvalue weighted by atomic mass is 35.5. The normalized spacial score (nSPS) is 24.0. The van der Waals surface area contributed by atoms with Gasteiger partial charge in [-0.1, -0.05) is 11.6 Å². The summed E-state index contributed by atoms with van der Waals surface area (Å²) >= 11 is 6.04. The molecule has 1 unspecified atom stereocenters. The first-order chi connectivity index (χ1) is 10.2. The van der Waals surface area contributed by atoms with Gasteiger partial charge in [0.15, 0.2) is 11.3 Å². The van der Waals surface area contributed by atoms with Crippen molar-refractivity contribution in [2.45, 2.75) is 38.5 Å². The molecule has 1 aromatic carbocycles. The van der Waals surface area contributed by atoms with Gasteiger partial charge in [0.2, 0.25) is 0 Å². The van der Waals surface area contributed by atoms with Crippen LogP contribution in [0, 0.1) is 0 Å². The minimum atomic E-state index is -1.34. The molecule has 0 radical (unpaired) electrons. The Morgan fingerprint density at radius 3 is 2.73 bits per heavy atom. The number of aromatic amines is 1. The maximum atomic E-state index is 12.0. The van der Waals surface area contributed by atoms with E-state index in [0.717, 1.165) is 16.5 Å². The van der Waals surface area contributed by atoms with Gasteiger partial charge in [-0.25, -0.2) is 4.79 Å². The van der Waals surface area contributed by atoms with E-state index in [4.69, 9.17) is 16.3 Å². The summed E-state index contributed by atoms with van der Waals surface area (Å²) in [4.78, 5) is 16.6. The Kier molecular flexibility index (Phi) is 3.38. The minimum Gasteiger partial charge on any atom is -0.438 e. The molecule has 0 aliphatic carbocycles. The SMILES string of the molecule is CC1(C)OC(=O)N(CCc2c[nH]c3ccc(Cl)cc23)C1(C)O. The number of carbonyl (C=O) groups excluding carboxylic acids is 1. The largest absolute Gasteiger partial charge is 0.438 e. The highest BCUT2D eigenvalue weighted by Crippen LogP contribution is 2.37. The molecule has 0 spiro atoms. The first-order valence-electron chi connectivity index (χ1n) is 7.21. The van der Waals surface area contributed by atoms with Crippen LogP contribution in [0.5, 0.6) is 0 Å². The second-order valence-electron chi connectivity index (χ2n) is 6.30. The number of nitrogens with zero attached hydrogens (tertiary/aromatic N) is 1. The first kappa shape index (κ1) is 15.2. The molecule has 6 heteroatoms. The zero-order valence-corrected chi connectivity index (χ0v) is 13.6. The van der Waals surface area contributed by atoms with Crippen molar-refractivity contribution in [3.8, 4) is 0 Å². The van der Waals surface area contributed by atoms with Gasteiger partial charge in [0.25, 0.3) is 0 Å². The van der Waals surface area contributed by atoms with Gasteiger partial charge in [0.1, 0.15) is 0 Å². The molecule has 1 saturated heterocycles.